The van der Waals surface area contributed by atoms with Crippen LogP contribution < -0.4 is 10.6 Å². The van der Waals surface area contributed by atoms with Gasteiger partial charge in [-0.3, -0.25) is 4.79 Å². The summed E-state index contributed by atoms with van der Waals surface area (Å²) in [5.74, 6) is -0.0306. The van der Waals surface area contributed by atoms with E-state index in [0.29, 0.717) is 6.54 Å². The van der Waals surface area contributed by atoms with E-state index in [4.69, 9.17) is 4.74 Å². The Morgan fingerprint density at radius 2 is 2.29 bits per heavy atom. The first kappa shape index (κ1) is 16.4. The molecule has 118 valence electrons. The van der Waals surface area contributed by atoms with Crippen molar-refractivity contribution in [1.82, 2.24) is 15.5 Å². The van der Waals surface area contributed by atoms with Gasteiger partial charge >= 0.3 is 0 Å². The summed E-state index contributed by atoms with van der Waals surface area (Å²) in [5.41, 5.74) is 0. The van der Waals surface area contributed by atoms with E-state index < -0.39 is 0 Å². The number of amides is 1. The van der Waals surface area contributed by atoms with Gasteiger partial charge in [0, 0.05) is 11.4 Å². The maximum atomic E-state index is 11.9. The molecule has 1 aromatic rings. The lowest BCUT2D eigenvalue weighted by Gasteiger charge is -2.25. The zero-order chi connectivity index (χ0) is 15.1. The van der Waals surface area contributed by atoms with E-state index in [9.17, 15) is 4.79 Å². The molecule has 0 saturated carbocycles. The normalized spacial score (nSPS) is 17.9. The standard InChI is InChI=1S/C15H25N3O2S/c1-18(2)13(14-4-3-9-21-14)10-17-15(19)11-20-12-5-7-16-8-6-12/h3-4,9,12-13,16H,5-8,10-11H2,1-2H3,(H,17,19). The molecule has 6 heteroatoms. The molecule has 2 heterocycles. The maximum absolute atomic E-state index is 11.9. The van der Waals surface area contributed by atoms with Gasteiger partial charge in [0.1, 0.15) is 6.61 Å². The maximum Gasteiger partial charge on any atom is 0.246 e. The molecular formula is C15H25N3O2S. The number of nitrogens with one attached hydrogen (secondary N) is 2. The second kappa shape index (κ2) is 8.48. The lowest BCUT2D eigenvalue weighted by Crippen LogP contribution is -2.38. The molecule has 2 N–H and O–H groups in total. The van der Waals surface area contributed by atoms with Gasteiger partial charge in [0.25, 0.3) is 0 Å². The molecule has 1 fully saturated rings. The zero-order valence-electron chi connectivity index (χ0n) is 12.8. The molecule has 1 aliphatic rings. The predicted octanol–water partition coefficient (Wildman–Crippen LogP) is 1.24. The fraction of sp³-hybridized carbons (Fsp3) is 0.667. The van der Waals surface area contributed by atoms with Crippen LogP contribution in [-0.4, -0.2) is 57.2 Å². The number of thiophene rings is 1. The largest absolute Gasteiger partial charge is 0.368 e. The highest BCUT2D eigenvalue weighted by atomic mass is 32.1. The van der Waals surface area contributed by atoms with Crippen LogP contribution in [0.4, 0.5) is 0 Å². The fourth-order valence-corrected chi connectivity index (χ4v) is 3.36. The Morgan fingerprint density at radius 3 is 2.90 bits per heavy atom. The first-order valence-electron chi connectivity index (χ1n) is 7.45. The van der Waals surface area contributed by atoms with Crippen LogP contribution in [0.25, 0.3) is 0 Å². The first-order chi connectivity index (χ1) is 10.2. The minimum absolute atomic E-state index is 0.0306. The monoisotopic (exact) mass is 311 g/mol. The molecule has 1 aromatic heterocycles. The van der Waals surface area contributed by atoms with Crippen molar-refractivity contribution < 1.29 is 9.53 Å². The molecule has 21 heavy (non-hydrogen) atoms. The van der Waals surface area contributed by atoms with E-state index in [1.54, 1.807) is 11.3 Å². The van der Waals surface area contributed by atoms with Crippen LogP contribution in [0.5, 0.6) is 0 Å². The third kappa shape index (κ3) is 5.39. The third-order valence-electron chi connectivity index (χ3n) is 3.72. The average molecular weight is 311 g/mol. The van der Waals surface area contributed by atoms with Crippen LogP contribution in [0.3, 0.4) is 0 Å². The van der Waals surface area contributed by atoms with Crippen LogP contribution in [0.1, 0.15) is 23.8 Å². The van der Waals surface area contributed by atoms with Crippen molar-refractivity contribution in [3.05, 3.63) is 22.4 Å². The lowest BCUT2D eigenvalue weighted by molar-refractivity contribution is -0.128. The quantitative estimate of drug-likeness (QED) is 0.795. The topological polar surface area (TPSA) is 53.6 Å². The Kier molecular flexibility index (Phi) is 6.63. The number of carbonyl (C=O) groups is 1. The molecule has 0 aliphatic carbocycles. The second-order valence-corrected chi connectivity index (χ2v) is 6.54. The third-order valence-corrected chi connectivity index (χ3v) is 4.70. The van der Waals surface area contributed by atoms with Crippen molar-refractivity contribution in [2.75, 3.05) is 40.3 Å². The van der Waals surface area contributed by atoms with Crippen molar-refractivity contribution in [2.24, 2.45) is 0 Å². The highest BCUT2D eigenvalue weighted by Gasteiger charge is 2.18. The molecule has 2 rings (SSSR count). The van der Waals surface area contributed by atoms with Crippen molar-refractivity contribution in [2.45, 2.75) is 25.0 Å². The highest BCUT2D eigenvalue weighted by molar-refractivity contribution is 7.10. The highest BCUT2D eigenvalue weighted by Crippen LogP contribution is 2.22. The van der Waals surface area contributed by atoms with Crippen molar-refractivity contribution >= 4 is 17.2 Å². The van der Waals surface area contributed by atoms with E-state index in [1.165, 1.54) is 4.88 Å². The van der Waals surface area contributed by atoms with Crippen molar-refractivity contribution in [1.29, 1.82) is 0 Å². The van der Waals surface area contributed by atoms with E-state index in [2.05, 4.69) is 27.0 Å². The SMILES string of the molecule is CN(C)C(CNC(=O)COC1CCNCC1)c1cccs1. The molecule has 1 amide bonds. The van der Waals surface area contributed by atoms with Gasteiger partial charge in [0.15, 0.2) is 0 Å². The van der Waals surface area contributed by atoms with Crippen LogP contribution in [0.15, 0.2) is 17.5 Å². The summed E-state index contributed by atoms with van der Waals surface area (Å²) >= 11 is 1.72. The molecule has 0 bridgehead atoms. The molecule has 1 atom stereocenters. The molecule has 1 unspecified atom stereocenters. The number of ether oxygens (including phenoxy) is 1. The zero-order valence-corrected chi connectivity index (χ0v) is 13.6. The first-order valence-corrected chi connectivity index (χ1v) is 8.33. The number of carbonyl (C=O) groups excluding carboxylic acids is 1. The summed E-state index contributed by atoms with van der Waals surface area (Å²) in [6.07, 6.45) is 2.20. The van der Waals surface area contributed by atoms with E-state index >= 15 is 0 Å². The summed E-state index contributed by atoms with van der Waals surface area (Å²) in [6, 6.07) is 4.36. The predicted molar refractivity (Wildman–Crippen MR) is 85.6 cm³/mol. The molecule has 0 spiro atoms. The number of nitrogens with zero attached hydrogens (tertiary/aromatic N) is 1. The molecular weight excluding hydrogens is 286 g/mol. The Hall–Kier alpha value is -0.950. The summed E-state index contributed by atoms with van der Waals surface area (Å²) in [4.78, 5) is 15.3. The van der Waals surface area contributed by atoms with Gasteiger partial charge in [-0.15, -0.1) is 11.3 Å². The van der Waals surface area contributed by atoms with Gasteiger partial charge < -0.3 is 20.3 Å². The molecule has 0 aromatic carbocycles. The Bertz CT molecular complexity index is 417. The van der Waals surface area contributed by atoms with Crippen LogP contribution in [0, 0.1) is 0 Å². The number of piperidine rings is 1. The summed E-state index contributed by atoms with van der Waals surface area (Å²) in [6.45, 7) is 2.73. The van der Waals surface area contributed by atoms with Gasteiger partial charge in [0.2, 0.25) is 5.91 Å². The Labute approximate surface area is 130 Å². The van der Waals surface area contributed by atoms with E-state index in [1.807, 2.05) is 20.2 Å². The second-order valence-electron chi connectivity index (χ2n) is 5.56. The smallest absolute Gasteiger partial charge is 0.246 e. The van der Waals surface area contributed by atoms with Crippen LogP contribution >= 0.6 is 11.3 Å². The number of hydrogen-bond acceptors (Lipinski definition) is 5. The Balaban J connectivity index is 1.71. The van der Waals surface area contributed by atoms with Gasteiger partial charge in [-0.1, -0.05) is 6.07 Å². The summed E-state index contributed by atoms with van der Waals surface area (Å²) in [7, 11) is 4.06. The Morgan fingerprint density at radius 1 is 1.52 bits per heavy atom. The molecule has 0 radical (unpaired) electrons. The van der Waals surface area contributed by atoms with Gasteiger partial charge in [-0.2, -0.15) is 0 Å². The van der Waals surface area contributed by atoms with Gasteiger partial charge in [-0.25, -0.2) is 0 Å². The summed E-state index contributed by atoms with van der Waals surface area (Å²) in [5, 5.41) is 8.33. The minimum Gasteiger partial charge on any atom is -0.368 e. The minimum atomic E-state index is -0.0306. The lowest BCUT2D eigenvalue weighted by atomic mass is 10.1. The van der Waals surface area contributed by atoms with Crippen molar-refractivity contribution in [3.8, 4) is 0 Å². The van der Waals surface area contributed by atoms with E-state index in [-0.39, 0.29) is 24.7 Å². The number of likely N-dealkylation sites (N-methyl/N-ethyl adjacent to an activating group) is 1. The fourth-order valence-electron chi connectivity index (χ4n) is 2.44. The van der Waals surface area contributed by atoms with Gasteiger partial charge in [0.05, 0.1) is 12.1 Å². The van der Waals surface area contributed by atoms with Crippen molar-refractivity contribution in [3.63, 3.8) is 0 Å². The molecule has 5 nitrogen and oxygen atoms in total. The van der Waals surface area contributed by atoms with Crippen LogP contribution in [-0.2, 0) is 9.53 Å². The molecule has 1 aliphatic heterocycles. The number of hydrogen-bond donors (Lipinski definition) is 2. The summed E-state index contributed by atoms with van der Waals surface area (Å²) < 4.78 is 5.67. The van der Waals surface area contributed by atoms with Crippen LogP contribution in [0.2, 0.25) is 0 Å². The van der Waals surface area contributed by atoms with E-state index in [0.717, 1.165) is 25.9 Å². The number of rotatable bonds is 7. The van der Waals surface area contributed by atoms with Gasteiger partial charge in [-0.05, 0) is 51.5 Å². The molecule has 1 saturated heterocycles. The average Bonchev–Trinajstić information content (AvgIpc) is 3.00.